The van der Waals surface area contributed by atoms with Crippen LogP contribution in [0.5, 0.6) is 0 Å². The Bertz CT molecular complexity index is 510. The minimum atomic E-state index is -1.22. The van der Waals surface area contributed by atoms with Gasteiger partial charge in [0.1, 0.15) is 0 Å². The van der Waals surface area contributed by atoms with Crippen LogP contribution in [0, 0.1) is 0 Å². The molecule has 5 nitrogen and oxygen atoms in total. The number of hydrogen-bond acceptors (Lipinski definition) is 4. The molecular formula is C13H13ClO5. The van der Waals surface area contributed by atoms with E-state index in [4.69, 9.17) is 21.4 Å². The number of carboxylic acids is 1. The Morgan fingerprint density at radius 2 is 1.95 bits per heavy atom. The van der Waals surface area contributed by atoms with E-state index in [-0.39, 0.29) is 35.8 Å². The predicted molar refractivity (Wildman–Crippen MR) is 68.8 cm³/mol. The van der Waals surface area contributed by atoms with Crippen molar-refractivity contribution in [3.05, 3.63) is 34.9 Å². The third kappa shape index (κ3) is 4.06. The lowest BCUT2D eigenvalue weighted by atomic mass is 10.0. The second kappa shape index (κ2) is 6.89. The molecule has 0 radical (unpaired) electrons. The first-order chi connectivity index (χ1) is 8.99. The van der Waals surface area contributed by atoms with E-state index in [1.54, 1.807) is 6.92 Å². The van der Waals surface area contributed by atoms with E-state index < -0.39 is 11.9 Å². The molecule has 0 saturated heterocycles. The van der Waals surface area contributed by atoms with Crippen molar-refractivity contribution in [1.29, 1.82) is 0 Å². The second-order valence-corrected chi connectivity index (χ2v) is 4.02. The maximum Gasteiger partial charge on any atom is 0.339 e. The van der Waals surface area contributed by atoms with E-state index >= 15 is 0 Å². The molecule has 0 aliphatic carbocycles. The molecule has 19 heavy (non-hydrogen) atoms. The third-order valence-corrected chi connectivity index (χ3v) is 2.66. The molecule has 0 fully saturated rings. The van der Waals surface area contributed by atoms with Crippen molar-refractivity contribution >= 4 is 29.3 Å². The van der Waals surface area contributed by atoms with Crippen molar-refractivity contribution in [3.63, 3.8) is 0 Å². The molecular weight excluding hydrogens is 272 g/mol. The highest BCUT2D eigenvalue weighted by Crippen LogP contribution is 2.15. The van der Waals surface area contributed by atoms with E-state index in [1.165, 1.54) is 18.2 Å². The van der Waals surface area contributed by atoms with Crippen LogP contribution in [0.2, 0.25) is 0 Å². The molecule has 1 aromatic rings. The van der Waals surface area contributed by atoms with Crippen LogP contribution >= 0.6 is 11.6 Å². The molecule has 0 bridgehead atoms. The lowest BCUT2D eigenvalue weighted by molar-refractivity contribution is -0.116. The number of ether oxygens (including phenoxy) is 1. The quantitative estimate of drug-likeness (QED) is 0.637. The number of carbonyl (C=O) groups is 3. The van der Waals surface area contributed by atoms with Crippen molar-refractivity contribution in [2.24, 2.45) is 0 Å². The molecule has 0 aliphatic rings. The zero-order valence-electron chi connectivity index (χ0n) is 10.3. The molecule has 6 heteroatoms. The molecule has 0 amide bonds. The fraction of sp³-hybridized carbons (Fsp3) is 0.308. The number of rotatable bonds is 6. The Labute approximate surface area is 115 Å². The summed E-state index contributed by atoms with van der Waals surface area (Å²) in [4.78, 5) is 33.9. The Kier molecular flexibility index (Phi) is 5.51. The second-order valence-electron chi connectivity index (χ2n) is 3.75. The summed E-state index contributed by atoms with van der Waals surface area (Å²) in [5.74, 6) is -2.28. The fourth-order valence-corrected chi connectivity index (χ4v) is 1.63. The number of hydrogen-bond donors (Lipinski definition) is 1. The van der Waals surface area contributed by atoms with E-state index in [0.717, 1.165) is 0 Å². The number of alkyl halides is 1. The average Bonchev–Trinajstić information content (AvgIpc) is 2.38. The fourth-order valence-electron chi connectivity index (χ4n) is 1.54. The van der Waals surface area contributed by atoms with Crippen LogP contribution in [0.15, 0.2) is 18.2 Å². The molecule has 0 aliphatic heterocycles. The van der Waals surface area contributed by atoms with Gasteiger partial charge in [-0.25, -0.2) is 9.59 Å². The minimum Gasteiger partial charge on any atom is -0.478 e. The van der Waals surface area contributed by atoms with Gasteiger partial charge in [0.15, 0.2) is 5.78 Å². The van der Waals surface area contributed by atoms with E-state index in [9.17, 15) is 14.4 Å². The van der Waals surface area contributed by atoms with Crippen LogP contribution in [0.1, 0.15) is 33.2 Å². The maximum absolute atomic E-state index is 11.7. The summed E-state index contributed by atoms with van der Waals surface area (Å²) in [6.07, 6.45) is 0.0514. The van der Waals surface area contributed by atoms with Gasteiger partial charge in [0.05, 0.1) is 23.6 Å². The summed E-state index contributed by atoms with van der Waals surface area (Å²) in [6.45, 7) is 1.77. The Balaban J connectivity index is 3.14. The van der Waals surface area contributed by atoms with E-state index in [1.807, 2.05) is 0 Å². The minimum absolute atomic E-state index is 0.0514. The van der Waals surface area contributed by atoms with Crippen molar-refractivity contribution < 1.29 is 24.2 Å². The molecule has 1 N–H and O–H groups in total. The summed E-state index contributed by atoms with van der Waals surface area (Å²) >= 11 is 5.40. The first kappa shape index (κ1) is 15.2. The number of Topliss-reactive ketones (excluding diaryl/α,β-unsaturated/α-hetero) is 1. The molecule has 1 aromatic carbocycles. The van der Waals surface area contributed by atoms with Crippen LogP contribution in [-0.2, 0) is 16.0 Å². The third-order valence-electron chi connectivity index (χ3n) is 2.36. The van der Waals surface area contributed by atoms with Gasteiger partial charge >= 0.3 is 11.9 Å². The number of aromatic carboxylic acids is 1. The SMILES string of the molecule is CCOC(=O)c1cc(CC(=O)CCl)ccc1C(=O)O. The number of carboxylic acid groups (broad SMARTS) is 1. The Morgan fingerprint density at radius 3 is 2.47 bits per heavy atom. The topological polar surface area (TPSA) is 80.7 Å². The molecule has 0 aromatic heterocycles. The molecule has 102 valence electrons. The first-order valence-electron chi connectivity index (χ1n) is 5.60. The number of ketones is 1. The van der Waals surface area contributed by atoms with Gasteiger partial charge in [-0.05, 0) is 24.6 Å². The molecule has 1 rings (SSSR count). The van der Waals surface area contributed by atoms with Crippen molar-refractivity contribution in [1.82, 2.24) is 0 Å². The molecule has 0 saturated carbocycles. The highest BCUT2D eigenvalue weighted by molar-refractivity contribution is 6.27. The molecule has 0 atom stereocenters. The zero-order valence-corrected chi connectivity index (χ0v) is 11.1. The number of esters is 1. The summed E-state index contributed by atoms with van der Waals surface area (Å²) in [5.41, 5.74) is 0.313. The van der Waals surface area contributed by atoms with Gasteiger partial charge in [-0.3, -0.25) is 4.79 Å². The number of carbonyl (C=O) groups excluding carboxylic acids is 2. The van der Waals surface area contributed by atoms with Crippen LogP contribution < -0.4 is 0 Å². The van der Waals surface area contributed by atoms with Crippen molar-refractivity contribution in [2.75, 3.05) is 12.5 Å². The lowest BCUT2D eigenvalue weighted by Crippen LogP contribution is -2.13. The largest absolute Gasteiger partial charge is 0.478 e. The maximum atomic E-state index is 11.7. The lowest BCUT2D eigenvalue weighted by Gasteiger charge is -2.08. The standard InChI is InChI=1S/C13H13ClO5/c1-2-19-13(18)11-6-8(5-9(15)7-14)3-4-10(11)12(16)17/h3-4,6H,2,5,7H2,1H3,(H,16,17). The van der Waals surface area contributed by atoms with Gasteiger partial charge in [-0.1, -0.05) is 6.07 Å². The highest BCUT2D eigenvalue weighted by Gasteiger charge is 2.18. The van der Waals surface area contributed by atoms with Crippen LogP contribution in [0.3, 0.4) is 0 Å². The van der Waals surface area contributed by atoms with Crippen molar-refractivity contribution in [2.45, 2.75) is 13.3 Å². The zero-order chi connectivity index (χ0) is 14.4. The predicted octanol–water partition coefficient (Wildman–Crippen LogP) is 1.91. The van der Waals surface area contributed by atoms with Gasteiger partial charge in [-0.15, -0.1) is 11.6 Å². The highest BCUT2D eigenvalue weighted by atomic mass is 35.5. The van der Waals surface area contributed by atoms with Crippen molar-refractivity contribution in [3.8, 4) is 0 Å². The smallest absolute Gasteiger partial charge is 0.339 e. The number of benzene rings is 1. The molecule has 0 unspecified atom stereocenters. The van der Waals surface area contributed by atoms with Crippen LogP contribution in [-0.4, -0.2) is 35.3 Å². The Morgan fingerprint density at radius 1 is 1.26 bits per heavy atom. The van der Waals surface area contributed by atoms with Crippen LogP contribution in [0.4, 0.5) is 0 Å². The summed E-state index contributed by atoms with van der Waals surface area (Å²) in [5, 5.41) is 9.01. The normalized spacial score (nSPS) is 10.0. The van der Waals surface area contributed by atoms with Crippen LogP contribution in [0.25, 0.3) is 0 Å². The molecule has 0 spiro atoms. The summed E-state index contributed by atoms with van der Waals surface area (Å²) < 4.78 is 4.79. The Hall–Kier alpha value is -1.88. The number of halogens is 1. The van der Waals surface area contributed by atoms with Gasteiger partial charge in [-0.2, -0.15) is 0 Å². The summed E-state index contributed by atoms with van der Waals surface area (Å²) in [7, 11) is 0. The summed E-state index contributed by atoms with van der Waals surface area (Å²) in [6, 6.07) is 4.12. The van der Waals surface area contributed by atoms with Gasteiger partial charge in [0.25, 0.3) is 0 Å². The monoisotopic (exact) mass is 284 g/mol. The van der Waals surface area contributed by atoms with E-state index in [0.29, 0.717) is 5.56 Å². The van der Waals surface area contributed by atoms with Gasteiger partial charge in [0, 0.05) is 6.42 Å². The first-order valence-corrected chi connectivity index (χ1v) is 6.14. The molecule has 0 heterocycles. The average molecular weight is 285 g/mol. The van der Waals surface area contributed by atoms with E-state index in [2.05, 4.69) is 0 Å². The van der Waals surface area contributed by atoms with Gasteiger partial charge < -0.3 is 9.84 Å². The van der Waals surface area contributed by atoms with Gasteiger partial charge in [0.2, 0.25) is 0 Å².